The number of carbonyl (C=O) groups excluding carboxylic acids is 1. The second-order valence-corrected chi connectivity index (χ2v) is 13.9. The molecule has 6 atom stereocenters. The van der Waals surface area contributed by atoms with E-state index in [2.05, 4.69) is 15.1 Å². The zero-order valence-electron chi connectivity index (χ0n) is 26.4. The van der Waals surface area contributed by atoms with E-state index in [9.17, 15) is 19.6 Å². The Morgan fingerprint density at radius 2 is 1.89 bits per heavy atom. The third-order valence-electron chi connectivity index (χ3n) is 8.67. The number of nitrogen functional groups attached to an aromatic ring is 1. The van der Waals surface area contributed by atoms with E-state index >= 15 is 0 Å². The minimum Gasteiger partial charge on any atom is -0.480 e. The van der Waals surface area contributed by atoms with Crippen LogP contribution in [0.1, 0.15) is 52.2 Å². The lowest BCUT2D eigenvalue weighted by atomic mass is 9.96. The lowest BCUT2D eigenvalue weighted by Gasteiger charge is -2.28. The molecule has 0 radical (unpaired) electrons. The normalized spacial score (nSPS) is 25.4. The summed E-state index contributed by atoms with van der Waals surface area (Å²) in [5.74, 6) is -0.146. The Bertz CT molecular complexity index is 1790. The molecule has 2 aliphatic rings. The lowest BCUT2D eigenvalue weighted by molar-refractivity contribution is -0.152. The SMILES string of the molecule is COc1nc(N)nc2c1ccn2[C@@H]1O[C@H](CO[P@@](=O)(N[C@@H](C)C(=O)OC2CCCCC2)Oc2cccc3ccccc23)[C@@H](O)[C@@]1(C)O. The van der Waals surface area contributed by atoms with Crippen molar-refractivity contribution in [2.24, 2.45) is 0 Å². The summed E-state index contributed by atoms with van der Waals surface area (Å²) < 4.78 is 45.0. The van der Waals surface area contributed by atoms with E-state index < -0.39 is 50.4 Å². The van der Waals surface area contributed by atoms with E-state index in [1.165, 1.54) is 25.5 Å². The predicted molar refractivity (Wildman–Crippen MR) is 173 cm³/mol. The second-order valence-electron chi connectivity index (χ2n) is 12.2. The smallest absolute Gasteiger partial charge is 0.459 e. The summed E-state index contributed by atoms with van der Waals surface area (Å²) in [7, 11) is -2.90. The molecule has 1 aliphatic carbocycles. The molecule has 2 aromatic heterocycles. The van der Waals surface area contributed by atoms with Crippen LogP contribution >= 0.6 is 7.75 Å². The Kier molecular flexibility index (Phi) is 9.43. The number of ether oxygens (including phenoxy) is 3. The summed E-state index contributed by atoms with van der Waals surface area (Å²) in [6.07, 6.45) is 2.19. The maximum absolute atomic E-state index is 14.4. The van der Waals surface area contributed by atoms with Crippen LogP contribution in [0.4, 0.5) is 5.95 Å². The summed E-state index contributed by atoms with van der Waals surface area (Å²) in [5, 5.41) is 27.4. The van der Waals surface area contributed by atoms with Crippen molar-refractivity contribution < 1.29 is 42.8 Å². The first kappa shape index (κ1) is 33.1. The molecule has 4 aromatic rings. The maximum Gasteiger partial charge on any atom is 0.459 e. The average Bonchev–Trinajstić information content (AvgIpc) is 3.57. The molecule has 47 heavy (non-hydrogen) atoms. The zero-order chi connectivity index (χ0) is 33.3. The number of aliphatic hydroxyl groups is 2. The topological polar surface area (TPSA) is 190 Å². The van der Waals surface area contributed by atoms with Crippen LogP contribution in [0.15, 0.2) is 54.7 Å². The minimum atomic E-state index is -4.35. The van der Waals surface area contributed by atoms with Crippen molar-refractivity contribution in [2.45, 2.75) is 82.1 Å². The average molecular weight is 670 g/mol. The van der Waals surface area contributed by atoms with Crippen LogP contribution in [0.3, 0.4) is 0 Å². The highest BCUT2D eigenvalue weighted by Crippen LogP contribution is 2.49. The van der Waals surface area contributed by atoms with Gasteiger partial charge in [0, 0.05) is 11.6 Å². The van der Waals surface area contributed by atoms with Crippen molar-refractivity contribution in [1.29, 1.82) is 0 Å². The number of aromatic nitrogens is 3. The Balaban J connectivity index is 1.24. The van der Waals surface area contributed by atoms with Crippen LogP contribution in [0.5, 0.6) is 11.6 Å². The third-order valence-corrected chi connectivity index (χ3v) is 10.3. The van der Waals surface area contributed by atoms with Crippen LogP contribution in [0, 0.1) is 0 Å². The van der Waals surface area contributed by atoms with Gasteiger partial charge in [0.05, 0.1) is 19.1 Å². The second kappa shape index (κ2) is 13.4. The number of carbonyl (C=O) groups is 1. The molecule has 6 rings (SSSR count). The van der Waals surface area contributed by atoms with E-state index in [1.807, 2.05) is 30.3 Å². The summed E-state index contributed by atoms with van der Waals surface area (Å²) in [6.45, 7) is 2.45. The van der Waals surface area contributed by atoms with Crippen LogP contribution < -0.4 is 20.1 Å². The number of fused-ring (bicyclic) bond motifs is 2. The monoisotopic (exact) mass is 669 g/mol. The van der Waals surface area contributed by atoms with Gasteiger partial charge >= 0.3 is 13.7 Å². The van der Waals surface area contributed by atoms with Crippen molar-refractivity contribution in [1.82, 2.24) is 19.6 Å². The van der Waals surface area contributed by atoms with Crippen molar-refractivity contribution in [2.75, 3.05) is 19.5 Å². The number of hydrogen-bond donors (Lipinski definition) is 4. The van der Waals surface area contributed by atoms with Gasteiger partial charge in [0.1, 0.15) is 35.7 Å². The van der Waals surface area contributed by atoms with Gasteiger partial charge in [0.15, 0.2) is 11.9 Å². The molecule has 0 spiro atoms. The molecule has 5 N–H and O–H groups in total. The predicted octanol–water partition coefficient (Wildman–Crippen LogP) is 4.24. The first-order valence-electron chi connectivity index (χ1n) is 15.6. The van der Waals surface area contributed by atoms with Gasteiger partial charge in [-0.25, -0.2) is 4.57 Å². The van der Waals surface area contributed by atoms with Crippen molar-refractivity contribution in [3.05, 3.63) is 54.7 Å². The summed E-state index contributed by atoms with van der Waals surface area (Å²) in [5.41, 5.74) is 4.34. The molecule has 1 saturated carbocycles. The minimum absolute atomic E-state index is 0.0545. The van der Waals surface area contributed by atoms with Gasteiger partial charge in [-0.3, -0.25) is 9.32 Å². The molecule has 1 saturated heterocycles. The highest BCUT2D eigenvalue weighted by atomic mass is 31.2. The van der Waals surface area contributed by atoms with Crippen LogP contribution in [-0.2, 0) is 23.4 Å². The molecule has 0 amide bonds. The van der Waals surface area contributed by atoms with E-state index in [-0.39, 0.29) is 23.7 Å². The molecule has 15 heteroatoms. The molecule has 0 bridgehead atoms. The number of nitrogens with zero attached hydrogens (tertiary/aromatic N) is 3. The van der Waals surface area contributed by atoms with Gasteiger partial charge in [0.2, 0.25) is 11.8 Å². The van der Waals surface area contributed by atoms with Crippen LogP contribution in [0.2, 0.25) is 0 Å². The molecule has 2 fully saturated rings. The van der Waals surface area contributed by atoms with Crippen molar-refractivity contribution in [3.8, 4) is 11.6 Å². The molecule has 2 aromatic carbocycles. The number of rotatable bonds is 11. The zero-order valence-corrected chi connectivity index (χ0v) is 27.3. The largest absolute Gasteiger partial charge is 0.480 e. The fraction of sp³-hybridized carbons (Fsp3) is 0.469. The summed E-state index contributed by atoms with van der Waals surface area (Å²) in [4.78, 5) is 21.4. The number of hydrogen-bond acceptors (Lipinski definition) is 12. The number of anilines is 1. The molecule has 0 unspecified atom stereocenters. The Hall–Kier alpha value is -3.78. The van der Waals surface area contributed by atoms with Gasteiger partial charge in [-0.1, -0.05) is 42.8 Å². The fourth-order valence-electron chi connectivity index (χ4n) is 6.15. The number of benzene rings is 2. The van der Waals surface area contributed by atoms with Crippen molar-refractivity contribution in [3.63, 3.8) is 0 Å². The van der Waals surface area contributed by atoms with E-state index in [0.29, 0.717) is 16.4 Å². The molecular formula is C32H40N5O9P. The quantitative estimate of drug-likeness (QED) is 0.131. The highest BCUT2D eigenvalue weighted by molar-refractivity contribution is 7.52. The van der Waals surface area contributed by atoms with Gasteiger partial charge in [0.25, 0.3) is 0 Å². The number of methoxy groups -OCH3 is 1. The van der Waals surface area contributed by atoms with Gasteiger partial charge < -0.3 is 39.2 Å². The Morgan fingerprint density at radius 1 is 1.15 bits per heavy atom. The van der Waals surface area contributed by atoms with E-state index in [0.717, 1.165) is 37.5 Å². The third kappa shape index (κ3) is 6.80. The Morgan fingerprint density at radius 3 is 2.66 bits per heavy atom. The molecule has 14 nitrogen and oxygen atoms in total. The number of nitrogens with two attached hydrogens (primary N) is 1. The van der Waals surface area contributed by atoms with Crippen molar-refractivity contribution >= 4 is 41.5 Å². The van der Waals surface area contributed by atoms with Gasteiger partial charge in [-0.05, 0) is 57.0 Å². The number of esters is 1. The van der Waals surface area contributed by atoms with Gasteiger partial charge in [-0.2, -0.15) is 15.1 Å². The molecular weight excluding hydrogens is 629 g/mol. The lowest BCUT2D eigenvalue weighted by Crippen LogP contribution is -2.44. The standard InChI is InChI=1S/C32H40N5O9P/c1-19(29(39)44-21-12-5-4-6-13-21)36-47(41,46-24-15-9-11-20-10-7-8-14-22(20)24)43-18-25-26(38)32(2,40)30(45-25)37-17-16-23-27(37)34-31(33)35-28(23)42-3/h7-11,14-17,19,21,25-26,30,38,40H,4-6,12-13,18H2,1-3H3,(H,36,41)(H2,33,34,35)/t19-,25+,26+,30+,32+,47-/m0/s1. The fourth-order valence-corrected chi connectivity index (χ4v) is 7.67. The molecule has 1 aliphatic heterocycles. The highest BCUT2D eigenvalue weighted by Gasteiger charge is 2.54. The van der Waals surface area contributed by atoms with Gasteiger partial charge in [-0.15, -0.1) is 0 Å². The van der Waals surface area contributed by atoms with Crippen LogP contribution in [-0.4, -0.2) is 74.4 Å². The first-order valence-corrected chi connectivity index (χ1v) is 17.2. The van der Waals surface area contributed by atoms with Crippen LogP contribution in [0.25, 0.3) is 21.8 Å². The summed E-state index contributed by atoms with van der Waals surface area (Å²) in [6, 6.07) is 13.3. The Labute approximate surface area is 271 Å². The number of nitrogens with one attached hydrogen (secondary N) is 1. The maximum atomic E-state index is 14.4. The molecule has 3 heterocycles. The van der Waals surface area contributed by atoms with E-state index in [1.54, 1.807) is 24.4 Å². The first-order chi connectivity index (χ1) is 22.5. The van der Waals surface area contributed by atoms with E-state index in [4.69, 9.17) is 29.0 Å². The number of aliphatic hydroxyl groups excluding tert-OH is 1. The molecule has 252 valence electrons. The summed E-state index contributed by atoms with van der Waals surface area (Å²) >= 11 is 0.